The molecule has 0 aliphatic carbocycles. The minimum atomic E-state index is -0.445. The van der Waals surface area contributed by atoms with Crippen LogP contribution in [-0.2, 0) is 6.42 Å². The van der Waals surface area contributed by atoms with Gasteiger partial charge in [-0.1, -0.05) is 13.0 Å². The summed E-state index contributed by atoms with van der Waals surface area (Å²) in [6.45, 7) is 3.42. The van der Waals surface area contributed by atoms with Crippen LogP contribution < -0.4 is 5.32 Å². The first kappa shape index (κ1) is 14.6. The first-order chi connectivity index (χ1) is 8.54. The molecule has 0 aliphatic rings. The zero-order valence-electron chi connectivity index (χ0n) is 11.3. The molecule has 1 aromatic rings. The standard InChI is InChI=1S/C14H21FN2O/c1-4-11-6-7-12(13(15)10-11)14(18)16-8-5-9-17(2)3/h6-7,10H,4-5,8-9H2,1-3H3,(H,16,18). The van der Waals surface area contributed by atoms with Crippen molar-refractivity contribution in [1.82, 2.24) is 10.2 Å². The van der Waals surface area contributed by atoms with Gasteiger partial charge in [-0.3, -0.25) is 4.79 Å². The number of benzene rings is 1. The van der Waals surface area contributed by atoms with Gasteiger partial charge >= 0.3 is 0 Å². The summed E-state index contributed by atoms with van der Waals surface area (Å²) in [5, 5.41) is 2.73. The quantitative estimate of drug-likeness (QED) is 0.786. The summed E-state index contributed by atoms with van der Waals surface area (Å²) >= 11 is 0. The Labute approximate surface area is 108 Å². The zero-order valence-corrected chi connectivity index (χ0v) is 11.3. The Morgan fingerprint density at radius 3 is 2.67 bits per heavy atom. The molecule has 0 saturated heterocycles. The normalized spacial score (nSPS) is 10.7. The molecular formula is C14H21FN2O. The number of aryl methyl sites for hydroxylation is 1. The van der Waals surface area contributed by atoms with E-state index in [9.17, 15) is 9.18 Å². The maximum absolute atomic E-state index is 13.7. The van der Waals surface area contributed by atoms with E-state index < -0.39 is 5.82 Å². The highest BCUT2D eigenvalue weighted by molar-refractivity contribution is 5.94. The number of nitrogens with one attached hydrogen (secondary N) is 1. The average molecular weight is 252 g/mol. The number of carbonyl (C=O) groups excluding carboxylic acids is 1. The molecule has 1 aromatic carbocycles. The topological polar surface area (TPSA) is 32.3 Å². The molecule has 1 amide bonds. The van der Waals surface area contributed by atoms with E-state index in [-0.39, 0.29) is 11.5 Å². The van der Waals surface area contributed by atoms with Crippen molar-refractivity contribution >= 4 is 5.91 Å². The van der Waals surface area contributed by atoms with Crippen molar-refractivity contribution in [2.45, 2.75) is 19.8 Å². The Hall–Kier alpha value is -1.42. The van der Waals surface area contributed by atoms with Gasteiger partial charge in [0.05, 0.1) is 5.56 Å². The van der Waals surface area contributed by atoms with Gasteiger partial charge in [0.2, 0.25) is 0 Å². The fourth-order valence-corrected chi connectivity index (χ4v) is 1.66. The van der Waals surface area contributed by atoms with Crippen molar-refractivity contribution in [2.75, 3.05) is 27.2 Å². The maximum atomic E-state index is 13.7. The number of rotatable bonds is 6. The van der Waals surface area contributed by atoms with Crippen LogP contribution in [0.3, 0.4) is 0 Å². The predicted molar refractivity (Wildman–Crippen MR) is 71.3 cm³/mol. The fraction of sp³-hybridized carbons (Fsp3) is 0.500. The van der Waals surface area contributed by atoms with E-state index in [2.05, 4.69) is 5.32 Å². The van der Waals surface area contributed by atoms with Gasteiger partial charge in [0.25, 0.3) is 5.91 Å². The molecule has 0 saturated carbocycles. The van der Waals surface area contributed by atoms with Gasteiger partial charge in [0, 0.05) is 6.54 Å². The van der Waals surface area contributed by atoms with Crippen LogP contribution in [0, 0.1) is 5.82 Å². The van der Waals surface area contributed by atoms with Crippen LogP contribution in [0.25, 0.3) is 0 Å². The van der Waals surface area contributed by atoms with E-state index >= 15 is 0 Å². The Morgan fingerprint density at radius 2 is 2.11 bits per heavy atom. The molecule has 0 atom stereocenters. The number of amides is 1. The molecule has 0 spiro atoms. The lowest BCUT2D eigenvalue weighted by Crippen LogP contribution is -2.27. The van der Waals surface area contributed by atoms with Gasteiger partial charge in [0.15, 0.2) is 0 Å². The molecule has 1 rings (SSSR count). The van der Waals surface area contributed by atoms with Gasteiger partial charge < -0.3 is 10.2 Å². The number of hydrogen-bond acceptors (Lipinski definition) is 2. The van der Waals surface area contributed by atoms with Gasteiger partial charge in [-0.05, 0) is 51.2 Å². The van der Waals surface area contributed by atoms with Gasteiger partial charge in [-0.15, -0.1) is 0 Å². The summed E-state index contributed by atoms with van der Waals surface area (Å²) < 4.78 is 13.7. The highest BCUT2D eigenvalue weighted by Gasteiger charge is 2.11. The first-order valence-corrected chi connectivity index (χ1v) is 6.26. The largest absolute Gasteiger partial charge is 0.352 e. The van der Waals surface area contributed by atoms with Crippen LogP contribution in [0.15, 0.2) is 18.2 Å². The van der Waals surface area contributed by atoms with Crippen LogP contribution in [0.5, 0.6) is 0 Å². The summed E-state index contributed by atoms with van der Waals surface area (Å²) in [5.41, 5.74) is 1.02. The third-order valence-electron chi connectivity index (χ3n) is 2.75. The summed E-state index contributed by atoms with van der Waals surface area (Å²) in [5.74, 6) is -0.784. The molecule has 0 unspecified atom stereocenters. The third kappa shape index (κ3) is 4.45. The van der Waals surface area contributed by atoms with Crippen LogP contribution in [0.1, 0.15) is 29.3 Å². The highest BCUT2D eigenvalue weighted by Crippen LogP contribution is 2.10. The van der Waals surface area contributed by atoms with Gasteiger partial charge in [0.1, 0.15) is 5.82 Å². The number of hydrogen-bond donors (Lipinski definition) is 1. The lowest BCUT2D eigenvalue weighted by Gasteiger charge is -2.10. The van der Waals surface area contributed by atoms with E-state index in [1.807, 2.05) is 25.9 Å². The Balaban J connectivity index is 2.51. The summed E-state index contributed by atoms with van der Waals surface area (Å²) in [7, 11) is 3.95. The third-order valence-corrected chi connectivity index (χ3v) is 2.75. The number of carbonyl (C=O) groups is 1. The molecule has 0 radical (unpaired) electrons. The molecule has 0 aliphatic heterocycles. The van der Waals surface area contributed by atoms with Crippen molar-refractivity contribution in [1.29, 1.82) is 0 Å². The SMILES string of the molecule is CCc1ccc(C(=O)NCCCN(C)C)c(F)c1. The van der Waals surface area contributed by atoms with Crippen LogP contribution in [-0.4, -0.2) is 38.0 Å². The second-order valence-electron chi connectivity index (χ2n) is 4.58. The van der Waals surface area contributed by atoms with E-state index in [0.717, 1.165) is 24.9 Å². The highest BCUT2D eigenvalue weighted by atomic mass is 19.1. The van der Waals surface area contributed by atoms with Crippen molar-refractivity contribution in [2.24, 2.45) is 0 Å². The Kier molecular flexibility index (Phi) is 5.78. The lowest BCUT2D eigenvalue weighted by molar-refractivity contribution is 0.0948. The van der Waals surface area contributed by atoms with Crippen LogP contribution in [0.2, 0.25) is 0 Å². The Morgan fingerprint density at radius 1 is 1.39 bits per heavy atom. The molecular weight excluding hydrogens is 231 g/mol. The summed E-state index contributed by atoms with van der Waals surface area (Å²) in [6, 6.07) is 4.77. The average Bonchev–Trinajstić information content (AvgIpc) is 2.33. The van der Waals surface area contributed by atoms with Crippen molar-refractivity contribution in [3.8, 4) is 0 Å². The molecule has 0 aromatic heterocycles. The van der Waals surface area contributed by atoms with E-state index in [1.54, 1.807) is 12.1 Å². The Bertz CT molecular complexity index is 405. The molecule has 18 heavy (non-hydrogen) atoms. The van der Waals surface area contributed by atoms with Gasteiger partial charge in [-0.2, -0.15) is 0 Å². The second kappa shape index (κ2) is 7.11. The second-order valence-corrected chi connectivity index (χ2v) is 4.58. The van der Waals surface area contributed by atoms with E-state index in [1.165, 1.54) is 6.07 Å². The minimum absolute atomic E-state index is 0.122. The smallest absolute Gasteiger partial charge is 0.254 e. The van der Waals surface area contributed by atoms with E-state index in [0.29, 0.717) is 6.54 Å². The lowest BCUT2D eigenvalue weighted by atomic mass is 10.1. The molecule has 0 fully saturated rings. The summed E-state index contributed by atoms with van der Waals surface area (Å²) in [4.78, 5) is 13.8. The predicted octanol–water partition coefficient (Wildman–Crippen LogP) is 2.07. The first-order valence-electron chi connectivity index (χ1n) is 6.26. The van der Waals surface area contributed by atoms with Crippen molar-refractivity contribution in [3.05, 3.63) is 35.1 Å². The fourth-order valence-electron chi connectivity index (χ4n) is 1.66. The minimum Gasteiger partial charge on any atom is -0.352 e. The summed E-state index contributed by atoms with van der Waals surface area (Å²) in [6.07, 6.45) is 1.62. The zero-order chi connectivity index (χ0) is 13.5. The number of nitrogens with zero attached hydrogens (tertiary/aromatic N) is 1. The monoisotopic (exact) mass is 252 g/mol. The molecule has 100 valence electrons. The molecule has 0 bridgehead atoms. The maximum Gasteiger partial charge on any atom is 0.254 e. The van der Waals surface area contributed by atoms with Crippen LogP contribution in [0.4, 0.5) is 4.39 Å². The number of halogens is 1. The van der Waals surface area contributed by atoms with E-state index in [4.69, 9.17) is 0 Å². The van der Waals surface area contributed by atoms with Crippen molar-refractivity contribution in [3.63, 3.8) is 0 Å². The molecule has 3 nitrogen and oxygen atoms in total. The van der Waals surface area contributed by atoms with Crippen molar-refractivity contribution < 1.29 is 9.18 Å². The molecule has 1 N–H and O–H groups in total. The molecule has 0 heterocycles. The van der Waals surface area contributed by atoms with Gasteiger partial charge in [-0.25, -0.2) is 4.39 Å². The molecule has 4 heteroatoms. The van der Waals surface area contributed by atoms with Crippen LogP contribution >= 0.6 is 0 Å².